The van der Waals surface area contributed by atoms with Gasteiger partial charge in [0.1, 0.15) is 0 Å². The second kappa shape index (κ2) is 3.36. The molecule has 0 spiro atoms. The minimum absolute atomic E-state index is 0.275. The number of carbonyl (C=O) groups is 1. The predicted octanol–water partition coefficient (Wildman–Crippen LogP) is -0.448. The van der Waals surface area contributed by atoms with Crippen LogP contribution in [0.1, 0.15) is 6.92 Å². The Morgan fingerprint density at radius 1 is 1.86 bits per heavy atom. The molecule has 1 amide bonds. The quantitative estimate of drug-likeness (QED) is 0.203. The van der Waals surface area contributed by atoms with Gasteiger partial charge < -0.3 is 0 Å². The molecule has 0 aliphatic carbocycles. The molecule has 0 aliphatic rings. The molecule has 0 aliphatic heterocycles. The molecule has 0 saturated heterocycles. The molecular formula is C4H8N2O. The Kier molecular flexibility index (Phi) is 2.96. The third kappa shape index (κ3) is 2.99. The van der Waals surface area contributed by atoms with E-state index < -0.39 is 0 Å². The Morgan fingerprint density at radius 3 is 2.57 bits per heavy atom. The molecule has 3 heteroatoms. The van der Waals surface area contributed by atoms with Crippen LogP contribution < -0.4 is 11.3 Å². The smallest absolute Gasteiger partial charge is 0.257 e. The van der Waals surface area contributed by atoms with Gasteiger partial charge in [0, 0.05) is 0 Å². The number of nitrogens with one attached hydrogen (secondary N) is 1. The zero-order valence-corrected chi connectivity index (χ0v) is 4.14. The number of rotatable bonds is 1. The normalized spacial score (nSPS) is 9.43. The lowest BCUT2D eigenvalue weighted by Gasteiger charge is -1.84. The highest BCUT2D eigenvalue weighted by Crippen LogP contribution is 1.65. The molecule has 0 aromatic rings. The van der Waals surface area contributed by atoms with E-state index >= 15 is 0 Å². The van der Waals surface area contributed by atoms with Crippen molar-refractivity contribution in [2.24, 2.45) is 5.84 Å². The first-order valence-electron chi connectivity index (χ1n) is 1.94. The summed E-state index contributed by atoms with van der Waals surface area (Å²) in [5, 5.41) is 0. The van der Waals surface area contributed by atoms with Crippen LogP contribution in [-0.4, -0.2) is 5.91 Å². The number of hydrazine groups is 1. The minimum Gasteiger partial charge on any atom is -0.291 e. The van der Waals surface area contributed by atoms with Crippen LogP contribution in [0.25, 0.3) is 0 Å². The lowest BCUT2D eigenvalue weighted by molar-refractivity contribution is -0.116. The van der Waals surface area contributed by atoms with Gasteiger partial charge in [-0.1, -0.05) is 6.08 Å². The van der Waals surface area contributed by atoms with E-state index in [9.17, 15) is 4.79 Å². The van der Waals surface area contributed by atoms with Crippen molar-refractivity contribution in [3.05, 3.63) is 12.2 Å². The molecule has 0 rings (SSSR count). The number of allylic oxidation sites excluding steroid dienone is 1. The van der Waals surface area contributed by atoms with Gasteiger partial charge >= 0.3 is 0 Å². The van der Waals surface area contributed by atoms with E-state index in [0.29, 0.717) is 0 Å². The second-order valence-electron chi connectivity index (χ2n) is 1.01. The number of carbonyl (C=O) groups excluding carboxylic acids is 1. The van der Waals surface area contributed by atoms with E-state index in [1.807, 2.05) is 5.43 Å². The van der Waals surface area contributed by atoms with Crippen LogP contribution in [0.5, 0.6) is 0 Å². The van der Waals surface area contributed by atoms with Crippen molar-refractivity contribution in [2.75, 3.05) is 0 Å². The van der Waals surface area contributed by atoms with Crippen LogP contribution in [0.3, 0.4) is 0 Å². The molecule has 3 N–H and O–H groups in total. The molecule has 0 bridgehead atoms. The molecular weight excluding hydrogens is 92.1 g/mol. The average molecular weight is 100 g/mol. The van der Waals surface area contributed by atoms with Crippen LogP contribution in [-0.2, 0) is 4.79 Å². The first-order valence-corrected chi connectivity index (χ1v) is 1.94. The second-order valence-corrected chi connectivity index (χ2v) is 1.01. The lowest BCUT2D eigenvalue weighted by Crippen LogP contribution is -2.27. The molecule has 0 fully saturated rings. The molecule has 40 valence electrons. The number of hydrogen-bond acceptors (Lipinski definition) is 2. The average Bonchev–Trinajstić information content (AvgIpc) is 1.68. The molecule has 7 heavy (non-hydrogen) atoms. The third-order valence-electron chi connectivity index (χ3n) is 0.460. The van der Waals surface area contributed by atoms with Gasteiger partial charge in [0.25, 0.3) is 5.91 Å². The first-order chi connectivity index (χ1) is 3.31. The zero-order valence-electron chi connectivity index (χ0n) is 4.14. The SMILES string of the molecule is CC=CC(=O)NN. The summed E-state index contributed by atoms with van der Waals surface area (Å²) in [6.45, 7) is 1.75. The molecule has 0 saturated carbocycles. The summed E-state index contributed by atoms with van der Waals surface area (Å²) in [7, 11) is 0. The maximum absolute atomic E-state index is 10.1. The Labute approximate surface area is 42.2 Å². The van der Waals surface area contributed by atoms with Crippen molar-refractivity contribution < 1.29 is 4.79 Å². The Morgan fingerprint density at radius 2 is 2.43 bits per heavy atom. The third-order valence-corrected chi connectivity index (χ3v) is 0.460. The zero-order chi connectivity index (χ0) is 5.70. The van der Waals surface area contributed by atoms with E-state index in [0.717, 1.165) is 0 Å². The highest BCUT2D eigenvalue weighted by molar-refractivity contribution is 5.86. The number of hydrogen-bond donors (Lipinski definition) is 2. The van der Waals surface area contributed by atoms with E-state index in [1.54, 1.807) is 13.0 Å². The maximum Gasteiger partial charge on any atom is 0.257 e. The van der Waals surface area contributed by atoms with E-state index in [1.165, 1.54) is 6.08 Å². The fourth-order valence-electron chi connectivity index (χ4n) is 0.199. The fourth-order valence-corrected chi connectivity index (χ4v) is 0.199. The van der Waals surface area contributed by atoms with Gasteiger partial charge in [-0.25, -0.2) is 5.84 Å². The van der Waals surface area contributed by atoms with Crippen molar-refractivity contribution in [3.8, 4) is 0 Å². The van der Waals surface area contributed by atoms with E-state index in [-0.39, 0.29) is 5.91 Å². The van der Waals surface area contributed by atoms with Crippen LogP contribution in [0.2, 0.25) is 0 Å². The molecule has 0 aromatic heterocycles. The summed E-state index contributed by atoms with van der Waals surface area (Å²) < 4.78 is 0. The first kappa shape index (κ1) is 6.17. The van der Waals surface area contributed by atoms with Crippen LogP contribution in [0, 0.1) is 0 Å². The molecule has 0 radical (unpaired) electrons. The molecule has 0 unspecified atom stereocenters. The molecule has 3 nitrogen and oxygen atoms in total. The standard InChI is InChI=1S/C4H8N2O/c1-2-3-4(7)6-5/h2-3H,5H2,1H3,(H,6,7). The highest BCUT2D eigenvalue weighted by Gasteiger charge is 1.81. The summed E-state index contributed by atoms with van der Waals surface area (Å²) in [6.07, 6.45) is 2.96. The van der Waals surface area contributed by atoms with Crippen LogP contribution >= 0.6 is 0 Å². The Balaban J connectivity index is 3.37. The summed E-state index contributed by atoms with van der Waals surface area (Å²) in [4.78, 5) is 10.1. The lowest BCUT2D eigenvalue weighted by atomic mass is 10.5. The van der Waals surface area contributed by atoms with Crippen molar-refractivity contribution in [1.29, 1.82) is 0 Å². The number of nitrogens with two attached hydrogens (primary N) is 1. The summed E-state index contributed by atoms with van der Waals surface area (Å²) in [5.74, 6) is 4.43. The van der Waals surface area contributed by atoms with Gasteiger partial charge in [-0.2, -0.15) is 0 Å². The van der Waals surface area contributed by atoms with Crippen LogP contribution in [0.4, 0.5) is 0 Å². The van der Waals surface area contributed by atoms with E-state index in [4.69, 9.17) is 5.84 Å². The topological polar surface area (TPSA) is 55.1 Å². The van der Waals surface area contributed by atoms with Gasteiger partial charge in [0.05, 0.1) is 0 Å². The summed E-state index contributed by atoms with van der Waals surface area (Å²) >= 11 is 0. The Hall–Kier alpha value is -0.830. The van der Waals surface area contributed by atoms with Gasteiger partial charge in [-0.05, 0) is 13.0 Å². The van der Waals surface area contributed by atoms with Crippen molar-refractivity contribution in [1.82, 2.24) is 5.43 Å². The maximum atomic E-state index is 10.1. The monoisotopic (exact) mass is 100 g/mol. The van der Waals surface area contributed by atoms with Gasteiger partial charge in [-0.3, -0.25) is 10.2 Å². The predicted molar refractivity (Wildman–Crippen MR) is 27.1 cm³/mol. The summed E-state index contributed by atoms with van der Waals surface area (Å²) in [5.41, 5.74) is 1.94. The fraction of sp³-hybridized carbons (Fsp3) is 0.250. The molecule has 0 aromatic carbocycles. The van der Waals surface area contributed by atoms with Crippen molar-refractivity contribution in [2.45, 2.75) is 6.92 Å². The van der Waals surface area contributed by atoms with Crippen LogP contribution in [0.15, 0.2) is 12.2 Å². The minimum atomic E-state index is -0.275. The van der Waals surface area contributed by atoms with Crippen molar-refractivity contribution >= 4 is 5.91 Å². The van der Waals surface area contributed by atoms with Crippen molar-refractivity contribution in [3.63, 3.8) is 0 Å². The van der Waals surface area contributed by atoms with Gasteiger partial charge in [0.2, 0.25) is 0 Å². The van der Waals surface area contributed by atoms with Gasteiger partial charge in [0.15, 0.2) is 0 Å². The largest absolute Gasteiger partial charge is 0.291 e. The Bertz CT molecular complexity index is 87.7. The van der Waals surface area contributed by atoms with E-state index in [2.05, 4.69) is 0 Å². The molecule has 0 atom stereocenters. The summed E-state index contributed by atoms with van der Waals surface area (Å²) in [6, 6.07) is 0. The van der Waals surface area contributed by atoms with Gasteiger partial charge in [-0.15, -0.1) is 0 Å². The highest BCUT2D eigenvalue weighted by atomic mass is 16.2. The molecule has 0 heterocycles. The number of amides is 1.